The number of aliphatic carboxylic acids is 1. The predicted molar refractivity (Wildman–Crippen MR) is 213 cm³/mol. The zero-order valence-corrected chi connectivity index (χ0v) is 33.8. The van der Waals surface area contributed by atoms with E-state index in [0.29, 0.717) is 45.6 Å². The summed E-state index contributed by atoms with van der Waals surface area (Å²) in [4.78, 5) is 65.5. The number of hydrogen-bond donors (Lipinski definition) is 5. The Kier molecular flexibility index (Phi) is 11.1. The van der Waals surface area contributed by atoms with Crippen LogP contribution < -0.4 is 25.4 Å². The van der Waals surface area contributed by atoms with Gasteiger partial charge in [0.2, 0.25) is 11.8 Å². The molecule has 3 amide bonds. The lowest BCUT2D eigenvalue weighted by molar-refractivity contribution is -0.146. The van der Waals surface area contributed by atoms with E-state index in [1.165, 1.54) is 28.7 Å². The molecule has 3 aliphatic carbocycles. The Morgan fingerprint density at radius 1 is 1.07 bits per heavy atom. The lowest BCUT2D eigenvalue weighted by Gasteiger charge is -2.35. The molecule has 2 unspecified atom stereocenters. The normalized spacial score (nSPS) is 26.7. The van der Waals surface area contributed by atoms with Crippen molar-refractivity contribution in [2.45, 2.75) is 103 Å². The van der Waals surface area contributed by atoms with Gasteiger partial charge in [-0.2, -0.15) is 0 Å². The van der Waals surface area contributed by atoms with Crippen molar-refractivity contribution in [1.82, 2.24) is 25.5 Å². The molecular formula is C41H52N6O9S. The van der Waals surface area contributed by atoms with Crippen LogP contribution in [0.4, 0.5) is 9.93 Å². The molecule has 3 saturated carbocycles. The van der Waals surface area contributed by atoms with E-state index in [2.05, 4.69) is 22.5 Å². The Hall–Kier alpha value is -4.96. The summed E-state index contributed by atoms with van der Waals surface area (Å²) >= 11 is 1.44. The molecule has 57 heavy (non-hydrogen) atoms. The minimum absolute atomic E-state index is 0.0346. The monoisotopic (exact) mass is 804 g/mol. The number of carboxylic acids is 1. The number of aliphatic hydroxyl groups excluding tert-OH is 1. The average Bonchev–Trinajstić information content (AvgIpc) is 3.82. The average molecular weight is 805 g/mol. The molecule has 0 spiro atoms. The molecular weight excluding hydrogens is 753 g/mol. The number of aromatic nitrogens is 2. The molecule has 4 fully saturated rings. The van der Waals surface area contributed by atoms with Crippen molar-refractivity contribution in [1.29, 1.82) is 0 Å². The smallest absolute Gasteiger partial charge is 0.408 e. The van der Waals surface area contributed by atoms with Gasteiger partial charge in [0.25, 0.3) is 0 Å². The maximum Gasteiger partial charge on any atom is 0.408 e. The van der Waals surface area contributed by atoms with E-state index in [-0.39, 0.29) is 44.7 Å². The van der Waals surface area contributed by atoms with Gasteiger partial charge in [-0.1, -0.05) is 26.8 Å². The quantitative estimate of drug-likeness (QED) is 0.129. The highest BCUT2D eigenvalue weighted by molar-refractivity contribution is 7.14. The molecule has 0 bridgehead atoms. The number of alkyl carbamates (subject to hydrolysis) is 1. The molecule has 1 saturated heterocycles. The number of anilines is 1. The first-order valence-electron chi connectivity index (χ1n) is 19.6. The molecule has 0 radical (unpaired) electrons. The van der Waals surface area contributed by atoms with Crippen LogP contribution in [0.3, 0.4) is 0 Å². The van der Waals surface area contributed by atoms with E-state index in [4.69, 9.17) is 24.2 Å². The highest BCUT2D eigenvalue weighted by atomic mass is 32.1. The number of aliphatic hydroxyl groups is 1. The third-order valence-electron chi connectivity index (χ3n) is 11.3. The summed E-state index contributed by atoms with van der Waals surface area (Å²) in [5.41, 5.74) is -0.649. The van der Waals surface area contributed by atoms with E-state index in [1.807, 2.05) is 40.0 Å². The van der Waals surface area contributed by atoms with Crippen molar-refractivity contribution in [3.8, 4) is 22.9 Å². The van der Waals surface area contributed by atoms with Gasteiger partial charge in [0.05, 0.1) is 24.4 Å². The summed E-state index contributed by atoms with van der Waals surface area (Å²) < 4.78 is 18.1. The number of rotatable bonds is 15. The summed E-state index contributed by atoms with van der Waals surface area (Å²) in [6, 6.07) is 5.02. The maximum atomic E-state index is 14.7. The van der Waals surface area contributed by atoms with Gasteiger partial charge < -0.3 is 45.3 Å². The molecule has 3 aromatic rings. The second-order valence-electron chi connectivity index (χ2n) is 17.1. The molecule has 7 rings (SSSR count). The Morgan fingerprint density at radius 2 is 1.82 bits per heavy atom. The minimum Gasteiger partial charge on any atom is -0.491 e. The van der Waals surface area contributed by atoms with Gasteiger partial charge in [-0.15, -0.1) is 17.9 Å². The van der Waals surface area contributed by atoms with Gasteiger partial charge in [-0.05, 0) is 68.9 Å². The van der Waals surface area contributed by atoms with Crippen molar-refractivity contribution >= 4 is 51.2 Å². The van der Waals surface area contributed by atoms with E-state index in [1.54, 1.807) is 24.3 Å². The van der Waals surface area contributed by atoms with Gasteiger partial charge in [-0.3, -0.25) is 9.59 Å². The zero-order valence-electron chi connectivity index (χ0n) is 32.9. The second kappa shape index (κ2) is 15.8. The van der Waals surface area contributed by atoms with Crippen LogP contribution in [0.2, 0.25) is 0 Å². The molecule has 4 aliphatic rings. The number of amides is 3. The van der Waals surface area contributed by atoms with Gasteiger partial charge in [0.15, 0.2) is 5.13 Å². The molecule has 1 aromatic carbocycles. The van der Waals surface area contributed by atoms with Crippen molar-refractivity contribution in [3.63, 3.8) is 0 Å². The number of thiazole rings is 1. The number of pyridine rings is 1. The summed E-state index contributed by atoms with van der Waals surface area (Å²) in [7, 11) is 0. The van der Waals surface area contributed by atoms with Gasteiger partial charge >= 0.3 is 12.1 Å². The second-order valence-corrected chi connectivity index (χ2v) is 17.9. The minimum atomic E-state index is -1.53. The maximum absolute atomic E-state index is 14.7. The van der Waals surface area contributed by atoms with E-state index < -0.39 is 58.9 Å². The van der Waals surface area contributed by atoms with Crippen LogP contribution in [-0.2, 0) is 19.1 Å². The number of hydrogen-bond acceptors (Lipinski definition) is 12. The number of nitrogens with zero attached hydrogens (tertiary/aromatic N) is 3. The molecule has 16 heteroatoms. The van der Waals surface area contributed by atoms with E-state index in [0.717, 1.165) is 18.0 Å². The molecule has 8 atom stereocenters. The van der Waals surface area contributed by atoms with Gasteiger partial charge in [0.1, 0.15) is 53.6 Å². The molecule has 306 valence electrons. The predicted octanol–water partition coefficient (Wildman–Crippen LogP) is 4.98. The third-order valence-corrected chi connectivity index (χ3v) is 12.1. The van der Waals surface area contributed by atoms with Crippen molar-refractivity contribution < 1.29 is 43.6 Å². The van der Waals surface area contributed by atoms with Crippen molar-refractivity contribution in [3.05, 3.63) is 42.3 Å². The van der Waals surface area contributed by atoms with Crippen LogP contribution in [-0.4, -0.2) is 105 Å². The van der Waals surface area contributed by atoms with Crippen LogP contribution in [0.15, 0.2) is 42.3 Å². The van der Waals surface area contributed by atoms with Crippen LogP contribution in [0.25, 0.3) is 22.3 Å². The summed E-state index contributed by atoms with van der Waals surface area (Å²) in [5, 5.41) is 31.5. The fraction of sp³-hybridized carbons (Fsp3) is 0.561. The largest absolute Gasteiger partial charge is 0.491 e. The number of likely N-dealkylation sites (tertiary alicyclic amines) is 1. The first kappa shape index (κ1) is 40.2. The molecule has 2 aromatic heterocycles. The lowest BCUT2D eigenvalue weighted by atomic mass is 9.85. The molecule has 5 N–H and O–H groups in total. The first-order valence-corrected chi connectivity index (χ1v) is 20.5. The highest BCUT2D eigenvalue weighted by Gasteiger charge is 2.61. The fourth-order valence-electron chi connectivity index (χ4n) is 8.11. The van der Waals surface area contributed by atoms with Crippen LogP contribution in [0.5, 0.6) is 11.5 Å². The lowest BCUT2D eigenvalue weighted by Crippen LogP contribution is -2.59. The number of carboxylic acid groups (broad SMARTS) is 1. The van der Waals surface area contributed by atoms with E-state index in [9.17, 15) is 29.4 Å². The van der Waals surface area contributed by atoms with Crippen LogP contribution in [0, 0.1) is 23.2 Å². The molecule has 3 heterocycles. The summed E-state index contributed by atoms with van der Waals surface area (Å²) in [6.45, 7) is 13.1. The summed E-state index contributed by atoms with van der Waals surface area (Å²) in [5.74, 6) is -0.685. The third kappa shape index (κ3) is 8.66. The topological polar surface area (TPSA) is 202 Å². The number of ether oxygens (including phenoxy) is 3. The molecule has 15 nitrogen and oxygen atoms in total. The number of carbonyl (C=O) groups is 4. The SMILES string of the molecule is C=C[C@@H]1CC1(NC(=O)[C@@H]1C[C@H](Oc2cc(-c3csc(NC(C)C)n3)nc3cc(OCCO)ccc23)CN1C(=O)[C@@H](NC(=O)OC1C[C@@H]2C[C@@H]2C1)C(C)(C)C)C(=O)O. The Labute approximate surface area is 335 Å². The van der Waals surface area contributed by atoms with Crippen LogP contribution >= 0.6 is 11.3 Å². The van der Waals surface area contributed by atoms with E-state index >= 15 is 0 Å². The Balaban J connectivity index is 1.19. The first-order chi connectivity index (χ1) is 27.1. The number of nitrogens with one attached hydrogen (secondary N) is 3. The van der Waals surface area contributed by atoms with Gasteiger partial charge in [0, 0.05) is 41.3 Å². The number of benzene rings is 1. The number of carbonyl (C=O) groups excluding carboxylic acids is 3. The van der Waals surface area contributed by atoms with Crippen molar-refractivity contribution in [2.24, 2.45) is 23.2 Å². The zero-order chi connectivity index (χ0) is 40.8. The van der Waals surface area contributed by atoms with Crippen molar-refractivity contribution in [2.75, 3.05) is 25.1 Å². The van der Waals surface area contributed by atoms with Gasteiger partial charge in [-0.25, -0.2) is 19.6 Å². The summed E-state index contributed by atoms with van der Waals surface area (Å²) in [6.07, 6.45) is 2.91. The highest BCUT2D eigenvalue weighted by Crippen LogP contribution is 2.52. The Bertz CT molecular complexity index is 2040. The number of fused-ring (bicyclic) bond motifs is 2. The Morgan fingerprint density at radius 3 is 2.47 bits per heavy atom. The standard InChI is InChI=1S/C41H52N6O9S/c1-7-24-18-41(24,37(51)52)46-35(49)32-16-27(19-47(32)36(50)34(40(4,5)6)45-39(53)56-26-13-22-12-23(22)14-26)55-33-17-30(31-20-57-38(44-31)42-21(2)3)43-29-15-25(54-11-10-48)8-9-28(29)33/h7-9,15,17,20-24,26-27,32,34,48H,1,10-14,16,18-19H2,2-6H3,(H,42,44)(H,45,53)(H,46,49)(H,51,52)/t22-,23+,24-,26?,27+,32+,34-,41?/m1/s1. The fourth-order valence-corrected chi connectivity index (χ4v) is 8.96. The van der Waals surface area contributed by atoms with Crippen LogP contribution in [0.1, 0.15) is 66.7 Å². The molecule has 1 aliphatic heterocycles.